The second kappa shape index (κ2) is 13.8. The summed E-state index contributed by atoms with van der Waals surface area (Å²) >= 11 is 0. The third-order valence-corrected chi connectivity index (χ3v) is 12.5. The molecule has 1 aliphatic rings. The second-order valence-electron chi connectivity index (χ2n) is 12.0. The summed E-state index contributed by atoms with van der Waals surface area (Å²) in [7, 11) is -1.94. The SMILES string of the molecule is CC(C)(C)[Si](C)(C)OC[C@@H]1N[C@H](COCc2ccccc2)[C@@H](OCc2ccccc2)[C@@H]1OCc1ccccc1. The van der Waals surface area contributed by atoms with E-state index in [1.54, 1.807) is 0 Å². The van der Waals surface area contributed by atoms with Crippen molar-refractivity contribution in [1.82, 2.24) is 5.32 Å². The molecule has 1 saturated heterocycles. The molecule has 39 heavy (non-hydrogen) atoms. The maximum absolute atomic E-state index is 6.69. The Kier molecular flexibility index (Phi) is 10.5. The summed E-state index contributed by atoms with van der Waals surface area (Å²) in [5.41, 5.74) is 3.45. The number of rotatable bonds is 13. The molecule has 3 aromatic carbocycles. The monoisotopic (exact) mass is 547 g/mol. The van der Waals surface area contributed by atoms with Crippen LogP contribution in [-0.2, 0) is 38.5 Å². The fourth-order valence-electron chi connectivity index (χ4n) is 4.56. The van der Waals surface area contributed by atoms with Crippen LogP contribution < -0.4 is 5.32 Å². The molecular weight excluding hydrogens is 502 g/mol. The Bertz CT molecular complexity index is 1100. The molecule has 0 saturated carbocycles. The predicted molar refractivity (Wildman–Crippen MR) is 160 cm³/mol. The zero-order valence-electron chi connectivity index (χ0n) is 24.1. The first-order valence-corrected chi connectivity index (χ1v) is 17.0. The van der Waals surface area contributed by atoms with Crippen LogP contribution in [0.15, 0.2) is 91.0 Å². The number of hydrogen-bond donors (Lipinski definition) is 1. The van der Waals surface area contributed by atoms with E-state index in [1.807, 2.05) is 54.6 Å². The zero-order chi connectivity index (χ0) is 27.7. The number of hydrogen-bond acceptors (Lipinski definition) is 5. The van der Waals surface area contributed by atoms with Gasteiger partial charge in [0.1, 0.15) is 12.2 Å². The van der Waals surface area contributed by atoms with Crippen molar-refractivity contribution in [2.45, 2.75) is 83.0 Å². The third kappa shape index (κ3) is 8.58. The summed E-state index contributed by atoms with van der Waals surface area (Å²) in [5.74, 6) is 0. The summed E-state index contributed by atoms with van der Waals surface area (Å²) in [6.45, 7) is 14.1. The summed E-state index contributed by atoms with van der Waals surface area (Å²) in [6.07, 6.45) is -0.360. The molecule has 4 rings (SSSR count). The minimum atomic E-state index is -1.94. The van der Waals surface area contributed by atoms with E-state index < -0.39 is 8.32 Å². The molecule has 1 aliphatic heterocycles. The van der Waals surface area contributed by atoms with Crippen LogP contribution in [-0.4, -0.2) is 45.8 Å². The second-order valence-corrected chi connectivity index (χ2v) is 16.8. The maximum Gasteiger partial charge on any atom is 0.192 e. The highest BCUT2D eigenvalue weighted by Crippen LogP contribution is 2.37. The summed E-state index contributed by atoms with van der Waals surface area (Å²) < 4.78 is 26.2. The van der Waals surface area contributed by atoms with Crippen molar-refractivity contribution in [2.24, 2.45) is 0 Å². The molecule has 0 spiro atoms. The van der Waals surface area contributed by atoms with Gasteiger partial charge in [-0.3, -0.25) is 0 Å². The van der Waals surface area contributed by atoms with Gasteiger partial charge in [-0.2, -0.15) is 0 Å². The summed E-state index contributed by atoms with van der Waals surface area (Å²) in [4.78, 5) is 0. The normalized spacial score (nSPS) is 21.8. The lowest BCUT2D eigenvalue weighted by Crippen LogP contribution is -2.47. The minimum absolute atomic E-state index is 0.00561. The lowest BCUT2D eigenvalue weighted by Gasteiger charge is -2.37. The average molecular weight is 548 g/mol. The van der Waals surface area contributed by atoms with Crippen molar-refractivity contribution in [3.05, 3.63) is 108 Å². The van der Waals surface area contributed by atoms with Crippen molar-refractivity contribution in [3.63, 3.8) is 0 Å². The quantitative estimate of drug-likeness (QED) is 0.240. The Hall–Kier alpha value is -2.32. The van der Waals surface area contributed by atoms with Crippen LogP contribution in [0.2, 0.25) is 18.1 Å². The largest absolute Gasteiger partial charge is 0.415 e. The van der Waals surface area contributed by atoms with Crippen LogP contribution in [0.1, 0.15) is 37.5 Å². The van der Waals surface area contributed by atoms with Gasteiger partial charge in [-0.1, -0.05) is 112 Å². The van der Waals surface area contributed by atoms with Gasteiger partial charge in [0.25, 0.3) is 0 Å². The predicted octanol–water partition coefficient (Wildman–Crippen LogP) is 6.74. The van der Waals surface area contributed by atoms with Gasteiger partial charge in [0.05, 0.1) is 45.1 Å². The van der Waals surface area contributed by atoms with Crippen molar-refractivity contribution >= 4 is 8.32 Å². The smallest absolute Gasteiger partial charge is 0.192 e. The molecule has 0 bridgehead atoms. The number of ether oxygens (including phenoxy) is 3. The van der Waals surface area contributed by atoms with E-state index in [0.29, 0.717) is 33.0 Å². The van der Waals surface area contributed by atoms with E-state index in [4.69, 9.17) is 18.6 Å². The van der Waals surface area contributed by atoms with E-state index in [2.05, 4.69) is 75.6 Å². The molecule has 0 unspecified atom stereocenters. The van der Waals surface area contributed by atoms with Crippen molar-refractivity contribution < 1.29 is 18.6 Å². The van der Waals surface area contributed by atoms with Gasteiger partial charge < -0.3 is 24.0 Å². The van der Waals surface area contributed by atoms with Gasteiger partial charge in [-0.25, -0.2) is 0 Å². The van der Waals surface area contributed by atoms with Gasteiger partial charge in [-0.05, 0) is 34.8 Å². The Morgan fingerprint density at radius 1 is 0.615 bits per heavy atom. The summed E-state index contributed by atoms with van der Waals surface area (Å²) in [5, 5.41) is 3.93. The first kappa shape index (κ1) is 29.7. The van der Waals surface area contributed by atoms with Gasteiger partial charge in [0, 0.05) is 0 Å². The standard InChI is InChI=1S/C33H45NO4Si/c1-33(2,3)39(4,5)38-25-30-32(37-23-28-19-13-8-14-20-28)31(36-22-27-17-11-7-12-18-27)29(34-30)24-35-21-26-15-9-6-10-16-26/h6-20,29-32,34H,21-25H2,1-5H3/t29-,30+,31-,32-/m1/s1. The molecule has 0 aliphatic carbocycles. The summed E-state index contributed by atoms with van der Waals surface area (Å²) in [6, 6.07) is 30.9. The van der Waals surface area contributed by atoms with Crippen LogP contribution in [0.5, 0.6) is 0 Å². The topological polar surface area (TPSA) is 49.0 Å². The molecule has 1 fully saturated rings. The van der Waals surface area contributed by atoms with E-state index >= 15 is 0 Å². The highest BCUT2D eigenvalue weighted by Gasteiger charge is 2.46. The fourth-order valence-corrected chi connectivity index (χ4v) is 5.59. The molecule has 210 valence electrons. The van der Waals surface area contributed by atoms with Crippen molar-refractivity contribution in [2.75, 3.05) is 13.2 Å². The molecule has 6 heteroatoms. The van der Waals surface area contributed by atoms with Gasteiger partial charge in [-0.15, -0.1) is 0 Å². The van der Waals surface area contributed by atoms with Crippen molar-refractivity contribution in [3.8, 4) is 0 Å². The first-order valence-electron chi connectivity index (χ1n) is 14.1. The molecule has 0 amide bonds. The minimum Gasteiger partial charge on any atom is -0.415 e. The molecular formula is C33H45NO4Si. The van der Waals surface area contributed by atoms with Gasteiger partial charge >= 0.3 is 0 Å². The molecule has 0 aromatic heterocycles. The Morgan fingerprint density at radius 3 is 1.46 bits per heavy atom. The molecule has 1 heterocycles. The van der Waals surface area contributed by atoms with E-state index in [9.17, 15) is 0 Å². The lowest BCUT2D eigenvalue weighted by atomic mass is 10.1. The highest BCUT2D eigenvalue weighted by atomic mass is 28.4. The van der Waals surface area contributed by atoms with Gasteiger partial charge in [0.15, 0.2) is 8.32 Å². The number of benzene rings is 3. The van der Waals surface area contributed by atoms with E-state index in [0.717, 1.165) is 16.7 Å². The average Bonchev–Trinajstić information content (AvgIpc) is 3.26. The zero-order valence-corrected chi connectivity index (χ0v) is 25.1. The molecule has 3 aromatic rings. The van der Waals surface area contributed by atoms with Crippen LogP contribution >= 0.6 is 0 Å². The molecule has 0 radical (unpaired) electrons. The van der Waals surface area contributed by atoms with Crippen molar-refractivity contribution in [1.29, 1.82) is 0 Å². The molecule has 4 atom stereocenters. The van der Waals surface area contributed by atoms with Gasteiger partial charge in [0.2, 0.25) is 0 Å². The Balaban J connectivity index is 1.51. The highest BCUT2D eigenvalue weighted by molar-refractivity contribution is 6.74. The first-order chi connectivity index (χ1) is 18.7. The van der Waals surface area contributed by atoms with E-state index in [1.165, 1.54) is 0 Å². The van der Waals surface area contributed by atoms with Crippen LogP contribution in [0.25, 0.3) is 0 Å². The van der Waals surface area contributed by atoms with E-state index in [-0.39, 0.29) is 29.3 Å². The van der Waals surface area contributed by atoms with Crippen LogP contribution in [0, 0.1) is 0 Å². The van der Waals surface area contributed by atoms with Crippen LogP contribution in [0.3, 0.4) is 0 Å². The number of nitrogens with one attached hydrogen (secondary N) is 1. The fraction of sp³-hybridized carbons (Fsp3) is 0.455. The molecule has 1 N–H and O–H groups in total. The lowest BCUT2D eigenvalue weighted by molar-refractivity contribution is -0.0883. The van der Waals surface area contributed by atoms with Crippen LogP contribution in [0.4, 0.5) is 0 Å². The molecule has 5 nitrogen and oxygen atoms in total. The Morgan fingerprint density at radius 2 is 1.03 bits per heavy atom. The Labute approximate surface area is 236 Å². The maximum atomic E-state index is 6.69. The third-order valence-electron chi connectivity index (χ3n) is 7.95.